The van der Waals surface area contributed by atoms with Crippen molar-refractivity contribution in [1.29, 1.82) is 0 Å². The molecule has 2 N–H and O–H groups in total. The Labute approximate surface area is 117 Å². The third-order valence-corrected chi connectivity index (χ3v) is 4.31. The highest BCUT2D eigenvalue weighted by molar-refractivity contribution is 9.10. The lowest BCUT2D eigenvalue weighted by Gasteiger charge is -2.03. The number of carbonyl (C=O) groups is 1. The molecule has 0 amide bonds. The first kappa shape index (κ1) is 13.0. The van der Waals surface area contributed by atoms with Gasteiger partial charge >= 0.3 is 5.97 Å². The van der Waals surface area contributed by atoms with Gasteiger partial charge < -0.3 is 10.5 Å². The van der Waals surface area contributed by atoms with Crippen LogP contribution in [0.15, 0.2) is 22.7 Å². The first-order valence-corrected chi connectivity index (χ1v) is 6.75. The van der Waals surface area contributed by atoms with Gasteiger partial charge in [0, 0.05) is 10.0 Å². The van der Waals surface area contributed by atoms with Crippen LogP contribution < -0.4 is 5.73 Å². The highest BCUT2D eigenvalue weighted by atomic mass is 79.9. The van der Waals surface area contributed by atoms with Crippen LogP contribution in [0.4, 0.5) is 5.00 Å². The molecule has 0 unspecified atom stereocenters. The Morgan fingerprint density at radius 2 is 2.22 bits per heavy atom. The molecule has 0 atom stereocenters. The minimum Gasteiger partial charge on any atom is -0.464 e. The van der Waals surface area contributed by atoms with Gasteiger partial charge in [0.05, 0.1) is 7.11 Å². The summed E-state index contributed by atoms with van der Waals surface area (Å²) in [5.74, 6) is -0.511. The summed E-state index contributed by atoms with van der Waals surface area (Å²) in [7, 11) is 1.31. The number of aromatic nitrogens is 1. The van der Waals surface area contributed by atoms with E-state index in [-0.39, 0.29) is 5.69 Å². The van der Waals surface area contributed by atoms with E-state index in [4.69, 9.17) is 5.73 Å². The van der Waals surface area contributed by atoms with Gasteiger partial charge in [-0.3, -0.25) is 0 Å². The number of rotatable bonds is 2. The van der Waals surface area contributed by atoms with Gasteiger partial charge in [0.2, 0.25) is 0 Å². The van der Waals surface area contributed by atoms with Crippen molar-refractivity contribution in [3.8, 4) is 10.6 Å². The molecule has 0 bridgehead atoms. The molecule has 0 aliphatic heterocycles. The van der Waals surface area contributed by atoms with Gasteiger partial charge in [-0.25, -0.2) is 9.78 Å². The zero-order valence-electron chi connectivity index (χ0n) is 9.86. The molecule has 0 aliphatic carbocycles. The van der Waals surface area contributed by atoms with Gasteiger partial charge in [-0.1, -0.05) is 39.4 Å². The Kier molecular flexibility index (Phi) is 3.68. The summed E-state index contributed by atoms with van der Waals surface area (Å²) in [5, 5.41) is 1.09. The Morgan fingerprint density at radius 1 is 1.50 bits per heavy atom. The standard InChI is InChI=1S/C12H11BrN2O2S/c1-6-7(4-3-5-8(6)13)11-15-9(10(14)18-11)12(16)17-2/h3-5H,14H2,1-2H3. The summed E-state index contributed by atoms with van der Waals surface area (Å²) in [6.07, 6.45) is 0. The van der Waals surface area contributed by atoms with E-state index >= 15 is 0 Å². The van der Waals surface area contributed by atoms with Crippen LogP contribution in [-0.4, -0.2) is 18.1 Å². The topological polar surface area (TPSA) is 65.2 Å². The van der Waals surface area contributed by atoms with Gasteiger partial charge in [0.1, 0.15) is 10.0 Å². The number of nitrogens with two attached hydrogens (primary N) is 1. The average molecular weight is 327 g/mol. The van der Waals surface area contributed by atoms with Crippen LogP contribution in [0.5, 0.6) is 0 Å². The fraction of sp³-hybridized carbons (Fsp3) is 0.167. The van der Waals surface area contributed by atoms with Crippen LogP contribution >= 0.6 is 27.3 Å². The normalized spacial score (nSPS) is 10.4. The van der Waals surface area contributed by atoms with Gasteiger partial charge in [-0.2, -0.15) is 0 Å². The van der Waals surface area contributed by atoms with Gasteiger partial charge in [-0.05, 0) is 18.6 Å². The second kappa shape index (κ2) is 5.07. The quantitative estimate of drug-likeness (QED) is 0.860. The minimum absolute atomic E-state index is 0.178. The Hall–Kier alpha value is -1.40. The summed E-state index contributed by atoms with van der Waals surface area (Å²) in [6, 6.07) is 5.82. The van der Waals surface area contributed by atoms with Crippen molar-refractivity contribution in [2.45, 2.75) is 6.92 Å². The molecular formula is C12H11BrN2O2S. The van der Waals surface area contributed by atoms with E-state index in [0.29, 0.717) is 10.0 Å². The van der Waals surface area contributed by atoms with E-state index in [2.05, 4.69) is 25.7 Å². The number of benzene rings is 1. The van der Waals surface area contributed by atoms with E-state index in [9.17, 15) is 4.79 Å². The molecular weight excluding hydrogens is 316 g/mol. The molecule has 0 aliphatic rings. The van der Waals surface area contributed by atoms with Crippen molar-refractivity contribution < 1.29 is 9.53 Å². The molecule has 1 aromatic carbocycles. The summed E-state index contributed by atoms with van der Waals surface area (Å²) < 4.78 is 5.63. The first-order valence-electron chi connectivity index (χ1n) is 5.14. The maximum Gasteiger partial charge on any atom is 0.359 e. The molecule has 1 aromatic heterocycles. The predicted molar refractivity (Wildman–Crippen MR) is 75.7 cm³/mol. The molecule has 0 radical (unpaired) electrons. The number of anilines is 1. The second-order valence-corrected chi connectivity index (χ2v) is 5.52. The Bertz CT molecular complexity index is 610. The minimum atomic E-state index is -0.511. The van der Waals surface area contributed by atoms with Crippen LogP contribution in [0.2, 0.25) is 0 Å². The zero-order valence-corrected chi connectivity index (χ0v) is 12.3. The van der Waals surface area contributed by atoms with Crippen molar-refractivity contribution in [2.75, 3.05) is 12.8 Å². The lowest BCUT2D eigenvalue weighted by atomic mass is 10.1. The molecule has 0 saturated heterocycles. The van der Waals surface area contributed by atoms with Gasteiger partial charge in [0.15, 0.2) is 5.69 Å². The Morgan fingerprint density at radius 3 is 2.89 bits per heavy atom. The van der Waals surface area contributed by atoms with Crippen LogP contribution in [0.25, 0.3) is 10.6 Å². The summed E-state index contributed by atoms with van der Waals surface area (Å²) in [4.78, 5) is 15.7. The third kappa shape index (κ3) is 2.26. The molecule has 6 heteroatoms. The molecule has 0 spiro atoms. The van der Waals surface area contributed by atoms with Gasteiger partial charge in [0.25, 0.3) is 0 Å². The van der Waals surface area contributed by atoms with Crippen molar-refractivity contribution in [2.24, 2.45) is 0 Å². The molecule has 2 aromatic rings. The summed E-state index contributed by atoms with van der Waals surface area (Å²) in [6.45, 7) is 1.98. The lowest BCUT2D eigenvalue weighted by molar-refractivity contribution is 0.0596. The predicted octanol–water partition coefficient (Wildman–Crippen LogP) is 3.25. The number of carbonyl (C=O) groups excluding carboxylic acids is 1. The van der Waals surface area contributed by atoms with Crippen molar-refractivity contribution in [3.05, 3.63) is 33.9 Å². The smallest absolute Gasteiger partial charge is 0.359 e. The maximum atomic E-state index is 11.5. The first-order chi connectivity index (χ1) is 8.54. The zero-order chi connectivity index (χ0) is 13.3. The van der Waals surface area contributed by atoms with E-state index < -0.39 is 5.97 Å². The van der Waals surface area contributed by atoms with Crippen LogP contribution in [0.1, 0.15) is 16.1 Å². The Balaban J connectivity index is 2.53. The molecule has 0 saturated carbocycles. The van der Waals surface area contributed by atoms with E-state index in [1.807, 2.05) is 25.1 Å². The van der Waals surface area contributed by atoms with Gasteiger partial charge in [-0.15, -0.1) is 0 Å². The number of nitrogen functional groups attached to an aromatic ring is 1. The van der Waals surface area contributed by atoms with Crippen LogP contribution in [0, 0.1) is 6.92 Å². The maximum absolute atomic E-state index is 11.5. The number of methoxy groups -OCH3 is 1. The highest BCUT2D eigenvalue weighted by Crippen LogP contribution is 2.34. The van der Waals surface area contributed by atoms with E-state index in [1.54, 1.807) is 0 Å². The number of hydrogen-bond acceptors (Lipinski definition) is 5. The van der Waals surface area contributed by atoms with E-state index in [0.717, 1.165) is 15.6 Å². The number of esters is 1. The number of thiazole rings is 1. The molecule has 0 fully saturated rings. The number of ether oxygens (including phenoxy) is 1. The monoisotopic (exact) mass is 326 g/mol. The van der Waals surface area contributed by atoms with Crippen molar-refractivity contribution >= 4 is 38.2 Å². The summed E-state index contributed by atoms with van der Waals surface area (Å²) >= 11 is 4.74. The summed E-state index contributed by atoms with van der Waals surface area (Å²) in [5.41, 5.74) is 7.98. The van der Waals surface area contributed by atoms with Crippen LogP contribution in [0.3, 0.4) is 0 Å². The fourth-order valence-electron chi connectivity index (χ4n) is 1.53. The third-order valence-electron chi connectivity index (χ3n) is 2.53. The highest BCUT2D eigenvalue weighted by Gasteiger charge is 2.18. The second-order valence-electron chi connectivity index (χ2n) is 3.64. The number of halogens is 1. The van der Waals surface area contributed by atoms with Crippen molar-refractivity contribution in [3.63, 3.8) is 0 Å². The fourth-order valence-corrected chi connectivity index (χ4v) is 2.80. The SMILES string of the molecule is COC(=O)c1nc(-c2cccc(Br)c2C)sc1N. The van der Waals surface area contributed by atoms with E-state index in [1.165, 1.54) is 18.4 Å². The number of hydrogen-bond donors (Lipinski definition) is 1. The molecule has 18 heavy (non-hydrogen) atoms. The lowest BCUT2D eigenvalue weighted by Crippen LogP contribution is -2.04. The molecule has 4 nitrogen and oxygen atoms in total. The number of nitrogens with zero attached hydrogens (tertiary/aromatic N) is 1. The average Bonchev–Trinajstić information content (AvgIpc) is 2.73. The molecule has 2 rings (SSSR count). The van der Waals surface area contributed by atoms with Crippen LogP contribution in [-0.2, 0) is 4.74 Å². The molecule has 94 valence electrons. The largest absolute Gasteiger partial charge is 0.464 e. The molecule has 1 heterocycles. The van der Waals surface area contributed by atoms with Crippen molar-refractivity contribution in [1.82, 2.24) is 4.98 Å².